The maximum atomic E-state index is 5.91. The fraction of sp³-hybridized carbons (Fsp3) is 0.393. The second kappa shape index (κ2) is 9.44. The first kappa shape index (κ1) is 21.8. The summed E-state index contributed by atoms with van der Waals surface area (Å²) < 4.78 is 11.4. The molecule has 2 aromatic carbocycles. The smallest absolute Gasteiger partial charge is 0.128 e. The first-order chi connectivity index (χ1) is 16.1. The molecular formula is C28H33N3O2. The van der Waals surface area contributed by atoms with Gasteiger partial charge in [0.25, 0.3) is 0 Å². The topological polar surface area (TPSA) is 46.6 Å². The van der Waals surface area contributed by atoms with Crippen LogP contribution in [0.4, 0.5) is 11.5 Å². The Balaban J connectivity index is 1.33. The van der Waals surface area contributed by atoms with E-state index in [9.17, 15) is 0 Å². The van der Waals surface area contributed by atoms with Crippen molar-refractivity contribution in [3.8, 4) is 16.9 Å². The normalized spacial score (nSPS) is 17.5. The lowest BCUT2D eigenvalue weighted by Gasteiger charge is -2.27. The maximum absolute atomic E-state index is 5.91. The van der Waals surface area contributed by atoms with Gasteiger partial charge in [-0.1, -0.05) is 25.1 Å². The van der Waals surface area contributed by atoms with E-state index < -0.39 is 0 Å². The quantitative estimate of drug-likeness (QED) is 0.529. The minimum absolute atomic E-state index is 0.527. The number of anilines is 2. The number of fused-ring (bicyclic) bond motifs is 1. The molecule has 0 saturated carbocycles. The molecule has 1 atom stereocenters. The summed E-state index contributed by atoms with van der Waals surface area (Å²) in [7, 11) is 0. The highest BCUT2D eigenvalue weighted by Gasteiger charge is 2.22. The Bertz CT molecular complexity index is 1120. The van der Waals surface area contributed by atoms with E-state index in [1.807, 2.05) is 6.20 Å². The second-order valence-corrected chi connectivity index (χ2v) is 9.07. The third-order valence-electron chi connectivity index (χ3n) is 7.03. The minimum Gasteiger partial charge on any atom is -0.493 e. The standard InChI is InChI=1S/C28H33N3O2/c1-4-21-18-33-26-15-24(8-9-25(21)26)29-16-22-6-5-19(2)28(20(22)3)23-7-10-27(30-17-23)31-11-13-32-14-12-31/h5-10,15,17,21,29H,4,11-14,16,18H2,1-3H3/t21-/m1/s1. The number of benzene rings is 2. The van der Waals surface area contributed by atoms with Crippen molar-refractivity contribution in [3.05, 3.63) is 70.9 Å². The third-order valence-corrected chi connectivity index (χ3v) is 7.03. The van der Waals surface area contributed by atoms with Gasteiger partial charge in [-0.15, -0.1) is 0 Å². The molecule has 172 valence electrons. The van der Waals surface area contributed by atoms with Crippen molar-refractivity contribution in [2.24, 2.45) is 0 Å². The van der Waals surface area contributed by atoms with E-state index in [-0.39, 0.29) is 0 Å². The Morgan fingerprint density at radius 1 is 1.06 bits per heavy atom. The molecule has 0 bridgehead atoms. The number of aromatic nitrogens is 1. The summed E-state index contributed by atoms with van der Waals surface area (Å²) >= 11 is 0. The lowest BCUT2D eigenvalue weighted by Crippen LogP contribution is -2.36. The van der Waals surface area contributed by atoms with Crippen LogP contribution in [0.1, 0.15) is 41.5 Å². The van der Waals surface area contributed by atoms with Crippen LogP contribution < -0.4 is 15.0 Å². The van der Waals surface area contributed by atoms with Crippen molar-refractivity contribution in [1.29, 1.82) is 0 Å². The number of hydrogen-bond acceptors (Lipinski definition) is 5. The van der Waals surface area contributed by atoms with Gasteiger partial charge in [0.2, 0.25) is 0 Å². The van der Waals surface area contributed by atoms with Crippen LogP contribution in [0.3, 0.4) is 0 Å². The molecule has 2 aliphatic rings. The summed E-state index contributed by atoms with van der Waals surface area (Å²) in [6, 6.07) is 15.3. The molecule has 2 aliphatic heterocycles. The number of morpholine rings is 1. The summed E-state index contributed by atoms with van der Waals surface area (Å²) in [6.07, 6.45) is 3.13. The van der Waals surface area contributed by atoms with Crippen LogP contribution >= 0.6 is 0 Å². The average Bonchev–Trinajstić information content (AvgIpc) is 3.27. The number of nitrogens with zero attached hydrogens (tertiary/aromatic N) is 2. The van der Waals surface area contributed by atoms with Crippen LogP contribution in [0.5, 0.6) is 5.75 Å². The molecular weight excluding hydrogens is 410 g/mol. The van der Waals surface area contributed by atoms with Gasteiger partial charge < -0.3 is 19.7 Å². The molecule has 5 rings (SSSR count). The van der Waals surface area contributed by atoms with E-state index in [1.165, 1.54) is 33.4 Å². The highest BCUT2D eigenvalue weighted by molar-refractivity contribution is 5.72. The molecule has 1 saturated heterocycles. The van der Waals surface area contributed by atoms with Crippen molar-refractivity contribution in [3.63, 3.8) is 0 Å². The summed E-state index contributed by atoms with van der Waals surface area (Å²) in [5, 5.41) is 3.60. The monoisotopic (exact) mass is 443 g/mol. The molecule has 0 amide bonds. The zero-order valence-corrected chi connectivity index (χ0v) is 19.9. The lowest BCUT2D eigenvalue weighted by atomic mass is 9.93. The molecule has 5 nitrogen and oxygen atoms in total. The van der Waals surface area contributed by atoms with Gasteiger partial charge in [0.15, 0.2) is 0 Å². The summed E-state index contributed by atoms with van der Waals surface area (Å²) in [5.74, 6) is 2.58. The van der Waals surface area contributed by atoms with Crippen molar-refractivity contribution in [1.82, 2.24) is 4.98 Å². The SMILES string of the molecule is CC[C@@H]1COc2cc(NCc3ccc(C)c(-c4ccc(N5CCOCC5)nc4)c3C)ccc21. The third kappa shape index (κ3) is 4.42. The molecule has 1 N–H and O–H groups in total. The predicted molar refractivity (Wildman–Crippen MR) is 134 cm³/mol. The number of pyridine rings is 1. The van der Waals surface area contributed by atoms with Gasteiger partial charge >= 0.3 is 0 Å². The van der Waals surface area contributed by atoms with Gasteiger partial charge in [0.1, 0.15) is 11.6 Å². The first-order valence-corrected chi connectivity index (χ1v) is 12.0. The van der Waals surface area contributed by atoms with E-state index in [1.54, 1.807) is 0 Å². The maximum Gasteiger partial charge on any atom is 0.128 e. The second-order valence-electron chi connectivity index (χ2n) is 9.07. The molecule has 0 unspecified atom stereocenters. The zero-order chi connectivity index (χ0) is 22.8. The van der Waals surface area contributed by atoms with E-state index in [0.29, 0.717) is 5.92 Å². The minimum atomic E-state index is 0.527. The van der Waals surface area contributed by atoms with Gasteiger partial charge in [0, 0.05) is 54.6 Å². The number of aryl methyl sites for hydroxylation is 1. The van der Waals surface area contributed by atoms with E-state index in [4.69, 9.17) is 14.5 Å². The molecule has 0 aliphatic carbocycles. The predicted octanol–water partition coefficient (Wildman–Crippen LogP) is 5.70. The van der Waals surface area contributed by atoms with Gasteiger partial charge in [-0.25, -0.2) is 4.98 Å². The molecule has 33 heavy (non-hydrogen) atoms. The Morgan fingerprint density at radius 2 is 1.91 bits per heavy atom. The fourth-order valence-electron chi connectivity index (χ4n) is 4.96. The van der Waals surface area contributed by atoms with E-state index in [0.717, 1.165) is 63.1 Å². The largest absolute Gasteiger partial charge is 0.493 e. The van der Waals surface area contributed by atoms with E-state index in [2.05, 4.69) is 73.5 Å². The van der Waals surface area contributed by atoms with Gasteiger partial charge in [0.05, 0.1) is 19.8 Å². The summed E-state index contributed by atoms with van der Waals surface area (Å²) in [5.41, 5.74) is 8.74. The van der Waals surface area contributed by atoms with Crippen molar-refractivity contribution < 1.29 is 9.47 Å². The highest BCUT2D eigenvalue weighted by Crippen LogP contribution is 2.37. The molecule has 1 aromatic heterocycles. The van der Waals surface area contributed by atoms with Crippen molar-refractivity contribution in [2.45, 2.75) is 39.7 Å². The summed E-state index contributed by atoms with van der Waals surface area (Å²) in [6.45, 7) is 11.5. The van der Waals surface area contributed by atoms with Crippen LogP contribution in [0.15, 0.2) is 48.7 Å². The number of rotatable bonds is 6. The van der Waals surface area contributed by atoms with Crippen LogP contribution in [0, 0.1) is 13.8 Å². The lowest BCUT2D eigenvalue weighted by molar-refractivity contribution is 0.122. The van der Waals surface area contributed by atoms with Crippen LogP contribution in [0.25, 0.3) is 11.1 Å². The number of nitrogens with one attached hydrogen (secondary N) is 1. The molecule has 0 spiro atoms. The zero-order valence-electron chi connectivity index (χ0n) is 19.9. The summed E-state index contributed by atoms with van der Waals surface area (Å²) in [4.78, 5) is 7.06. The Hall–Kier alpha value is -3.05. The van der Waals surface area contributed by atoms with Gasteiger partial charge in [-0.3, -0.25) is 0 Å². The molecule has 3 aromatic rings. The highest BCUT2D eigenvalue weighted by atomic mass is 16.5. The van der Waals surface area contributed by atoms with Gasteiger partial charge in [-0.05, 0) is 60.7 Å². The van der Waals surface area contributed by atoms with Crippen LogP contribution in [-0.4, -0.2) is 37.9 Å². The fourth-order valence-corrected chi connectivity index (χ4v) is 4.96. The Morgan fingerprint density at radius 3 is 2.67 bits per heavy atom. The van der Waals surface area contributed by atoms with Crippen molar-refractivity contribution in [2.75, 3.05) is 43.1 Å². The molecule has 1 fully saturated rings. The molecule has 0 radical (unpaired) electrons. The number of hydrogen-bond donors (Lipinski definition) is 1. The number of ether oxygens (including phenoxy) is 2. The average molecular weight is 444 g/mol. The van der Waals surface area contributed by atoms with Gasteiger partial charge in [-0.2, -0.15) is 0 Å². The molecule has 3 heterocycles. The molecule has 5 heteroatoms. The van der Waals surface area contributed by atoms with Crippen LogP contribution in [-0.2, 0) is 11.3 Å². The van der Waals surface area contributed by atoms with Crippen molar-refractivity contribution >= 4 is 11.5 Å². The van der Waals surface area contributed by atoms with E-state index >= 15 is 0 Å². The Labute approximate surface area is 196 Å². The Kier molecular flexibility index (Phi) is 6.23. The van der Waals surface area contributed by atoms with Crippen LogP contribution in [0.2, 0.25) is 0 Å². The first-order valence-electron chi connectivity index (χ1n) is 12.0.